The van der Waals surface area contributed by atoms with E-state index >= 15 is 0 Å². The number of amides is 2. The predicted molar refractivity (Wildman–Crippen MR) is 59.2 cm³/mol. The summed E-state index contributed by atoms with van der Waals surface area (Å²) in [4.78, 5) is 23.9. The summed E-state index contributed by atoms with van der Waals surface area (Å²) in [5, 5.41) is 2.61. The number of hydrogen-bond donors (Lipinski definition) is 2. The Kier molecular flexibility index (Phi) is 6.70. The van der Waals surface area contributed by atoms with E-state index in [1.165, 1.54) is 0 Å². The zero-order valence-electron chi connectivity index (χ0n) is 9.75. The van der Waals surface area contributed by atoms with Gasteiger partial charge in [0.2, 0.25) is 11.8 Å². The minimum Gasteiger partial charge on any atom is -0.353 e. The lowest BCUT2D eigenvalue weighted by atomic mass is 10.1. The van der Waals surface area contributed by atoms with Crippen LogP contribution in [0.1, 0.15) is 20.3 Å². The zero-order chi connectivity index (χ0) is 11.8. The van der Waals surface area contributed by atoms with Gasteiger partial charge in [0, 0.05) is 26.6 Å². The van der Waals surface area contributed by atoms with E-state index in [1.807, 2.05) is 13.8 Å². The molecule has 0 aliphatic rings. The van der Waals surface area contributed by atoms with E-state index in [0.29, 0.717) is 25.4 Å². The van der Waals surface area contributed by atoms with E-state index in [1.54, 1.807) is 11.9 Å². The van der Waals surface area contributed by atoms with Gasteiger partial charge < -0.3 is 16.0 Å². The topological polar surface area (TPSA) is 75.4 Å². The molecule has 0 fully saturated rings. The first kappa shape index (κ1) is 13.9. The Bertz CT molecular complexity index is 217. The highest BCUT2D eigenvalue weighted by atomic mass is 16.2. The highest BCUT2D eigenvalue weighted by Gasteiger charge is 2.10. The molecule has 0 unspecified atom stereocenters. The van der Waals surface area contributed by atoms with Gasteiger partial charge in [0.05, 0.1) is 6.54 Å². The lowest BCUT2D eigenvalue weighted by molar-refractivity contribution is -0.131. The van der Waals surface area contributed by atoms with Crippen molar-refractivity contribution in [2.24, 2.45) is 11.7 Å². The van der Waals surface area contributed by atoms with Gasteiger partial charge in [-0.25, -0.2) is 0 Å². The summed E-state index contributed by atoms with van der Waals surface area (Å²) in [5.41, 5.74) is 5.12. The van der Waals surface area contributed by atoms with Gasteiger partial charge in [-0.3, -0.25) is 9.59 Å². The first-order chi connectivity index (χ1) is 6.97. The average molecular weight is 215 g/mol. The molecule has 0 radical (unpaired) electrons. The molecule has 88 valence electrons. The lowest BCUT2D eigenvalue weighted by Gasteiger charge is -2.18. The molecule has 0 saturated heterocycles. The van der Waals surface area contributed by atoms with Crippen LogP contribution < -0.4 is 11.1 Å². The second-order valence-corrected chi connectivity index (χ2v) is 3.97. The van der Waals surface area contributed by atoms with Crippen LogP contribution in [0.2, 0.25) is 0 Å². The summed E-state index contributed by atoms with van der Waals surface area (Å²) in [7, 11) is 1.74. The van der Waals surface area contributed by atoms with Crippen LogP contribution in [0.25, 0.3) is 0 Å². The number of nitrogens with two attached hydrogens (primary N) is 1. The van der Waals surface area contributed by atoms with Crippen molar-refractivity contribution in [2.75, 3.05) is 26.7 Å². The minimum absolute atomic E-state index is 0.0103. The Morgan fingerprint density at radius 1 is 1.40 bits per heavy atom. The normalized spacial score (nSPS) is 10.2. The number of likely N-dealkylation sites (N-methyl/N-ethyl adjacent to an activating group) is 1. The number of nitrogens with one attached hydrogen (secondary N) is 1. The van der Waals surface area contributed by atoms with Crippen LogP contribution in [0.15, 0.2) is 0 Å². The van der Waals surface area contributed by atoms with Crippen molar-refractivity contribution in [2.45, 2.75) is 20.3 Å². The third-order valence-corrected chi connectivity index (χ3v) is 1.96. The Labute approximate surface area is 91.0 Å². The minimum atomic E-state index is -0.195. The number of carbonyl (C=O) groups excluding carboxylic acids is 2. The highest BCUT2D eigenvalue weighted by Crippen LogP contribution is 2.01. The van der Waals surface area contributed by atoms with Crippen LogP contribution in [-0.4, -0.2) is 43.4 Å². The monoisotopic (exact) mass is 215 g/mol. The van der Waals surface area contributed by atoms with Crippen molar-refractivity contribution >= 4 is 11.8 Å². The average Bonchev–Trinajstić information content (AvgIpc) is 2.16. The van der Waals surface area contributed by atoms with Crippen LogP contribution in [0.5, 0.6) is 0 Å². The first-order valence-corrected chi connectivity index (χ1v) is 5.18. The second kappa shape index (κ2) is 7.23. The molecule has 0 atom stereocenters. The number of nitrogens with zero attached hydrogens (tertiary/aromatic N) is 1. The van der Waals surface area contributed by atoms with Gasteiger partial charge in [-0.15, -0.1) is 0 Å². The maximum Gasteiger partial charge on any atom is 0.233 e. The predicted octanol–water partition coefficient (Wildman–Crippen LogP) is -0.434. The van der Waals surface area contributed by atoms with E-state index in [0.717, 1.165) is 0 Å². The molecule has 0 spiro atoms. The molecular weight excluding hydrogens is 194 g/mol. The quantitative estimate of drug-likeness (QED) is 0.631. The van der Waals surface area contributed by atoms with Crippen LogP contribution in [0, 0.1) is 5.92 Å². The van der Waals surface area contributed by atoms with E-state index in [2.05, 4.69) is 5.32 Å². The molecule has 0 rings (SSSR count). The molecule has 3 N–H and O–H groups in total. The highest BCUT2D eigenvalue weighted by molar-refractivity contribution is 5.78. The second-order valence-electron chi connectivity index (χ2n) is 3.97. The van der Waals surface area contributed by atoms with Crippen molar-refractivity contribution in [1.82, 2.24) is 10.2 Å². The number of rotatable bonds is 6. The molecular formula is C10H21N3O2. The molecule has 5 nitrogen and oxygen atoms in total. The number of carbonyl (C=O) groups is 2. The van der Waals surface area contributed by atoms with Gasteiger partial charge >= 0.3 is 0 Å². The van der Waals surface area contributed by atoms with Crippen LogP contribution in [0.4, 0.5) is 0 Å². The molecule has 0 aromatic heterocycles. The molecule has 0 aliphatic carbocycles. The van der Waals surface area contributed by atoms with Gasteiger partial charge in [-0.1, -0.05) is 13.8 Å². The molecule has 0 aromatic rings. The van der Waals surface area contributed by atoms with Crippen LogP contribution >= 0.6 is 0 Å². The third kappa shape index (κ3) is 6.90. The SMILES string of the molecule is CC(C)CC(=O)N(C)CCNC(=O)CN. The van der Waals surface area contributed by atoms with Crippen molar-refractivity contribution in [3.8, 4) is 0 Å². The van der Waals surface area contributed by atoms with Crippen LogP contribution in [0.3, 0.4) is 0 Å². The van der Waals surface area contributed by atoms with Gasteiger partial charge in [-0.2, -0.15) is 0 Å². The molecule has 0 aliphatic heterocycles. The molecule has 15 heavy (non-hydrogen) atoms. The Balaban J connectivity index is 3.69. The van der Waals surface area contributed by atoms with Crippen molar-refractivity contribution < 1.29 is 9.59 Å². The first-order valence-electron chi connectivity index (χ1n) is 5.18. The summed E-state index contributed by atoms with van der Waals surface area (Å²) in [5.74, 6) is 0.269. The number of hydrogen-bond acceptors (Lipinski definition) is 3. The van der Waals surface area contributed by atoms with Gasteiger partial charge in [0.25, 0.3) is 0 Å². The fourth-order valence-electron chi connectivity index (χ4n) is 1.06. The van der Waals surface area contributed by atoms with Crippen molar-refractivity contribution in [3.63, 3.8) is 0 Å². The Hall–Kier alpha value is -1.10. The van der Waals surface area contributed by atoms with Crippen molar-refractivity contribution in [3.05, 3.63) is 0 Å². The summed E-state index contributed by atoms with van der Waals surface area (Å²) in [6.07, 6.45) is 0.543. The fraction of sp³-hybridized carbons (Fsp3) is 0.800. The molecule has 2 amide bonds. The van der Waals surface area contributed by atoms with E-state index in [9.17, 15) is 9.59 Å². The summed E-state index contributed by atoms with van der Waals surface area (Å²) >= 11 is 0. The van der Waals surface area contributed by atoms with Crippen molar-refractivity contribution in [1.29, 1.82) is 0 Å². The standard InChI is InChI=1S/C10H21N3O2/c1-8(2)6-10(15)13(3)5-4-12-9(14)7-11/h8H,4-7,11H2,1-3H3,(H,12,14). The molecule has 0 aromatic carbocycles. The molecule has 0 heterocycles. The van der Waals surface area contributed by atoms with E-state index in [-0.39, 0.29) is 18.4 Å². The van der Waals surface area contributed by atoms with E-state index < -0.39 is 0 Å². The maximum absolute atomic E-state index is 11.5. The lowest BCUT2D eigenvalue weighted by Crippen LogP contribution is -2.38. The van der Waals surface area contributed by atoms with Gasteiger partial charge in [0.1, 0.15) is 0 Å². The Morgan fingerprint density at radius 3 is 2.47 bits per heavy atom. The van der Waals surface area contributed by atoms with E-state index in [4.69, 9.17) is 5.73 Å². The summed E-state index contributed by atoms with van der Waals surface area (Å²) in [6, 6.07) is 0. The molecule has 0 saturated carbocycles. The van der Waals surface area contributed by atoms with Gasteiger partial charge in [0.15, 0.2) is 0 Å². The summed E-state index contributed by atoms with van der Waals surface area (Å²) in [6.45, 7) is 4.97. The Morgan fingerprint density at radius 2 is 2.00 bits per heavy atom. The molecule has 5 heteroatoms. The fourth-order valence-corrected chi connectivity index (χ4v) is 1.06. The largest absolute Gasteiger partial charge is 0.353 e. The smallest absolute Gasteiger partial charge is 0.233 e. The summed E-state index contributed by atoms with van der Waals surface area (Å²) < 4.78 is 0. The van der Waals surface area contributed by atoms with Gasteiger partial charge in [-0.05, 0) is 5.92 Å². The zero-order valence-corrected chi connectivity index (χ0v) is 9.75. The maximum atomic E-state index is 11.5. The molecule has 0 bridgehead atoms. The van der Waals surface area contributed by atoms with Crippen LogP contribution in [-0.2, 0) is 9.59 Å². The third-order valence-electron chi connectivity index (χ3n) is 1.96.